The Morgan fingerprint density at radius 3 is 1.42 bits per heavy atom. The predicted molar refractivity (Wildman–Crippen MR) is 124 cm³/mol. The zero-order valence-corrected chi connectivity index (χ0v) is 18.6. The van der Waals surface area contributed by atoms with Crippen LogP contribution in [-0.2, 0) is 10.3 Å². The fourth-order valence-electron chi connectivity index (χ4n) is 4.86. The molecule has 0 saturated heterocycles. The van der Waals surface area contributed by atoms with E-state index in [0.29, 0.717) is 5.92 Å². The third kappa shape index (κ3) is 5.24. The minimum atomic E-state index is -0.712. The van der Waals surface area contributed by atoms with E-state index >= 15 is 0 Å². The molecule has 3 aromatic carbocycles. The van der Waals surface area contributed by atoms with Crippen molar-refractivity contribution in [2.45, 2.75) is 50.2 Å². The van der Waals surface area contributed by atoms with Crippen molar-refractivity contribution in [3.8, 4) is 0 Å². The predicted octanol–water partition coefficient (Wildman–Crippen LogP) is 4.33. The summed E-state index contributed by atoms with van der Waals surface area (Å²) >= 11 is 0. The molecular formula is C29H31LiO. The Morgan fingerprint density at radius 1 is 0.677 bits per heavy atom. The van der Waals surface area contributed by atoms with E-state index in [1.165, 1.54) is 38.5 Å². The molecule has 3 aromatic rings. The van der Waals surface area contributed by atoms with Gasteiger partial charge in [-0.15, -0.1) is 0 Å². The minimum Gasteiger partial charge on any atom is -0.515 e. The van der Waals surface area contributed by atoms with Gasteiger partial charge in [-0.2, -0.15) is 0 Å². The zero-order valence-electron chi connectivity index (χ0n) is 18.6. The maximum absolute atomic E-state index is 7.16. The van der Waals surface area contributed by atoms with Crippen LogP contribution in [-0.4, -0.2) is 6.10 Å². The van der Waals surface area contributed by atoms with Crippen LogP contribution in [0.15, 0.2) is 97.1 Å². The topological polar surface area (TPSA) is 9.23 Å². The van der Waals surface area contributed by atoms with Crippen molar-refractivity contribution in [2.24, 2.45) is 5.92 Å². The average molecular weight is 403 g/mol. The molecule has 0 bridgehead atoms. The van der Waals surface area contributed by atoms with E-state index in [1.807, 2.05) is 0 Å². The van der Waals surface area contributed by atoms with E-state index < -0.39 is 5.60 Å². The fourth-order valence-corrected chi connectivity index (χ4v) is 4.86. The van der Waals surface area contributed by atoms with Crippen LogP contribution in [0.5, 0.6) is 0 Å². The first kappa shape index (κ1) is 23.6. The number of benzene rings is 3. The van der Waals surface area contributed by atoms with Crippen LogP contribution in [0.25, 0.3) is 0 Å². The quantitative estimate of drug-likeness (QED) is 0.247. The van der Waals surface area contributed by atoms with Crippen molar-refractivity contribution < 1.29 is 23.6 Å². The van der Waals surface area contributed by atoms with Gasteiger partial charge in [0.05, 0.1) is 0 Å². The van der Waals surface area contributed by atoms with Gasteiger partial charge < -0.3 is 11.3 Å². The van der Waals surface area contributed by atoms with Crippen LogP contribution < -0.4 is 18.9 Å². The monoisotopic (exact) mass is 402 g/mol. The fraction of sp³-hybridized carbons (Fsp3) is 0.310. The Morgan fingerprint density at radius 2 is 1.06 bits per heavy atom. The second kappa shape index (κ2) is 11.5. The van der Waals surface area contributed by atoms with Crippen LogP contribution in [0.2, 0.25) is 0 Å². The maximum atomic E-state index is 7.16. The molecule has 2 heteroatoms. The minimum absolute atomic E-state index is 0. The Labute approximate surface area is 199 Å². The molecule has 1 saturated carbocycles. The first-order chi connectivity index (χ1) is 14.8. The molecule has 1 nitrogen and oxygen atoms in total. The average Bonchev–Trinajstić information content (AvgIpc) is 3.11. The third-order valence-electron chi connectivity index (χ3n) is 6.41. The standard InChI is InChI=1S/C29H31O.Li/c1-2-28(24-16-8-3-4-9-17-24)30-29(25-18-10-5-11-19-25,26-20-12-6-13-21-26)27-22-14-7-15-23-27;/h1-2,5-7,10-15,18-24,28H,3-4,8-9,16-17H2;/q-1;+1. The maximum Gasteiger partial charge on any atom is 1.00 e. The van der Waals surface area contributed by atoms with Gasteiger partial charge in [-0.1, -0.05) is 117 Å². The molecule has 0 heterocycles. The second-order valence-corrected chi connectivity index (χ2v) is 8.31. The molecule has 0 aromatic heterocycles. The van der Waals surface area contributed by atoms with Gasteiger partial charge >= 0.3 is 18.9 Å². The molecule has 0 amide bonds. The summed E-state index contributed by atoms with van der Waals surface area (Å²) in [6, 6.07) is 31.7. The van der Waals surface area contributed by atoms with E-state index in [9.17, 15) is 0 Å². The zero-order chi connectivity index (χ0) is 20.7. The SMILES string of the molecule is [CH-]=CC(OC(c1ccccc1)(c1ccccc1)c1ccccc1)C1CCCCCC1.[Li+]. The smallest absolute Gasteiger partial charge is 0.515 e. The summed E-state index contributed by atoms with van der Waals surface area (Å²) in [4.78, 5) is 0. The summed E-state index contributed by atoms with van der Waals surface area (Å²) in [6.07, 6.45) is 9.17. The van der Waals surface area contributed by atoms with Gasteiger partial charge in [0.25, 0.3) is 0 Å². The Kier molecular flexibility index (Phi) is 8.79. The Balaban J connectivity index is 0.00000272. The van der Waals surface area contributed by atoms with Crippen LogP contribution in [0.3, 0.4) is 0 Å². The van der Waals surface area contributed by atoms with Crippen LogP contribution in [0.4, 0.5) is 0 Å². The van der Waals surface area contributed by atoms with Crippen molar-refractivity contribution in [3.05, 3.63) is 120 Å². The van der Waals surface area contributed by atoms with Crippen molar-refractivity contribution in [1.29, 1.82) is 0 Å². The van der Waals surface area contributed by atoms with Crippen molar-refractivity contribution in [2.75, 3.05) is 0 Å². The molecular weight excluding hydrogens is 371 g/mol. The molecule has 31 heavy (non-hydrogen) atoms. The molecule has 0 spiro atoms. The van der Waals surface area contributed by atoms with Gasteiger partial charge in [0.1, 0.15) is 5.60 Å². The number of hydrogen-bond donors (Lipinski definition) is 0. The van der Waals surface area contributed by atoms with Crippen LogP contribution >= 0.6 is 0 Å². The van der Waals surface area contributed by atoms with Gasteiger partial charge in [-0.25, -0.2) is 6.08 Å². The molecule has 1 fully saturated rings. The summed E-state index contributed by atoms with van der Waals surface area (Å²) in [7, 11) is 0. The van der Waals surface area contributed by atoms with E-state index in [4.69, 9.17) is 11.3 Å². The molecule has 154 valence electrons. The normalized spacial score (nSPS) is 16.0. The van der Waals surface area contributed by atoms with Gasteiger partial charge in [0, 0.05) is 6.10 Å². The van der Waals surface area contributed by atoms with Crippen molar-refractivity contribution in [3.63, 3.8) is 0 Å². The molecule has 4 rings (SSSR count). The summed E-state index contributed by atoms with van der Waals surface area (Å²) in [6.45, 7) is 6.25. The molecule has 1 unspecified atom stereocenters. The molecule has 0 radical (unpaired) electrons. The van der Waals surface area contributed by atoms with Crippen molar-refractivity contribution in [1.82, 2.24) is 0 Å². The molecule has 1 atom stereocenters. The number of ether oxygens (including phenoxy) is 1. The Hall–Kier alpha value is -2.04. The van der Waals surface area contributed by atoms with Gasteiger partial charge in [0.15, 0.2) is 0 Å². The summed E-state index contributed by atoms with van der Waals surface area (Å²) in [5.41, 5.74) is 2.67. The van der Waals surface area contributed by atoms with E-state index in [2.05, 4.69) is 91.0 Å². The van der Waals surface area contributed by atoms with Gasteiger partial charge in [0.2, 0.25) is 0 Å². The second-order valence-electron chi connectivity index (χ2n) is 8.31. The molecule has 1 aliphatic carbocycles. The number of rotatable bonds is 7. The van der Waals surface area contributed by atoms with Gasteiger partial charge in [-0.3, -0.25) is 0 Å². The third-order valence-corrected chi connectivity index (χ3v) is 6.41. The van der Waals surface area contributed by atoms with Gasteiger partial charge in [-0.05, 0) is 35.4 Å². The van der Waals surface area contributed by atoms with Crippen molar-refractivity contribution >= 4 is 0 Å². The summed E-state index contributed by atoms with van der Waals surface area (Å²) in [5, 5.41) is 0. The molecule has 0 N–H and O–H groups in total. The Bertz CT molecular complexity index is 803. The first-order valence-corrected chi connectivity index (χ1v) is 11.2. The largest absolute Gasteiger partial charge is 1.00 e. The van der Waals surface area contributed by atoms with E-state index in [0.717, 1.165) is 16.7 Å². The van der Waals surface area contributed by atoms with E-state index in [-0.39, 0.29) is 25.0 Å². The molecule has 0 aliphatic heterocycles. The van der Waals surface area contributed by atoms with E-state index in [1.54, 1.807) is 6.08 Å². The molecule has 1 aliphatic rings. The summed E-state index contributed by atoms with van der Waals surface area (Å²) < 4.78 is 7.16. The van der Waals surface area contributed by atoms with Crippen LogP contribution in [0, 0.1) is 12.5 Å². The number of hydrogen-bond acceptors (Lipinski definition) is 1. The summed E-state index contributed by atoms with van der Waals surface area (Å²) in [5.74, 6) is 0.452. The first-order valence-electron chi connectivity index (χ1n) is 11.2. The van der Waals surface area contributed by atoms with Crippen LogP contribution in [0.1, 0.15) is 55.2 Å².